The average molecular weight is 292 g/mol. The number of ether oxygens (including phenoxy) is 1. The number of anilines is 1. The molecule has 1 aromatic heterocycles. The van der Waals surface area contributed by atoms with Crippen molar-refractivity contribution in [2.75, 3.05) is 31.3 Å². The Labute approximate surface area is 123 Å². The number of aryl methyl sites for hydroxylation is 2. The molecule has 0 spiro atoms. The van der Waals surface area contributed by atoms with Crippen LogP contribution in [0.5, 0.6) is 0 Å². The number of aliphatic hydroxyl groups is 1. The summed E-state index contributed by atoms with van der Waals surface area (Å²) in [5.74, 6) is 0.726. The first-order chi connectivity index (χ1) is 10.2. The van der Waals surface area contributed by atoms with Crippen LogP contribution in [0.25, 0.3) is 0 Å². The van der Waals surface area contributed by atoms with Gasteiger partial charge in [0.05, 0.1) is 31.4 Å². The summed E-state index contributed by atoms with van der Waals surface area (Å²) in [6.07, 6.45) is 3.00. The molecule has 21 heavy (non-hydrogen) atoms. The minimum atomic E-state index is -0.157. The number of aromatic nitrogens is 1. The summed E-state index contributed by atoms with van der Waals surface area (Å²) in [7, 11) is 0. The van der Waals surface area contributed by atoms with Crippen molar-refractivity contribution in [2.45, 2.75) is 25.3 Å². The third-order valence-electron chi connectivity index (χ3n) is 4.12. The van der Waals surface area contributed by atoms with Crippen LogP contribution in [0.4, 0.5) is 5.82 Å². The fourth-order valence-corrected chi connectivity index (χ4v) is 3.01. The largest absolute Gasteiger partial charge is 0.409 e. The van der Waals surface area contributed by atoms with Crippen molar-refractivity contribution in [3.63, 3.8) is 0 Å². The number of nitrogens with zero attached hydrogens (tertiary/aromatic N) is 3. The lowest BCUT2D eigenvalue weighted by Crippen LogP contribution is -2.48. The molecule has 2 heterocycles. The van der Waals surface area contributed by atoms with Gasteiger partial charge in [0.15, 0.2) is 5.84 Å². The Morgan fingerprint density at radius 1 is 1.52 bits per heavy atom. The Balaban J connectivity index is 2.07. The molecule has 1 saturated heterocycles. The van der Waals surface area contributed by atoms with E-state index in [9.17, 15) is 5.11 Å². The molecule has 3 rings (SSSR count). The minimum absolute atomic E-state index is 0.0195. The highest BCUT2D eigenvalue weighted by atomic mass is 16.5. The highest BCUT2D eigenvalue weighted by Gasteiger charge is 2.28. The van der Waals surface area contributed by atoms with Crippen LogP contribution in [-0.4, -0.2) is 53.5 Å². The Kier molecular flexibility index (Phi) is 3.94. The summed E-state index contributed by atoms with van der Waals surface area (Å²) in [6.45, 7) is 1.63. The molecule has 0 radical (unpaired) electrons. The quantitative estimate of drug-likeness (QED) is 0.310. The van der Waals surface area contributed by atoms with Crippen molar-refractivity contribution in [2.24, 2.45) is 10.9 Å². The Bertz CT molecular complexity index is 561. The molecule has 7 heteroatoms. The lowest BCUT2D eigenvalue weighted by molar-refractivity contribution is 0.0722. The third kappa shape index (κ3) is 2.54. The fourth-order valence-electron chi connectivity index (χ4n) is 3.01. The zero-order chi connectivity index (χ0) is 14.8. The van der Waals surface area contributed by atoms with Gasteiger partial charge in [0.2, 0.25) is 0 Å². The summed E-state index contributed by atoms with van der Waals surface area (Å²) in [4.78, 5) is 6.73. The van der Waals surface area contributed by atoms with Gasteiger partial charge in [-0.3, -0.25) is 0 Å². The van der Waals surface area contributed by atoms with Gasteiger partial charge in [-0.25, -0.2) is 4.98 Å². The maximum atomic E-state index is 9.54. The number of aliphatic hydroxyl groups excluding tert-OH is 1. The van der Waals surface area contributed by atoms with Gasteiger partial charge < -0.3 is 25.7 Å². The lowest BCUT2D eigenvalue weighted by atomic mass is 10.1. The highest BCUT2D eigenvalue weighted by Crippen LogP contribution is 2.29. The van der Waals surface area contributed by atoms with E-state index in [1.807, 2.05) is 11.0 Å². The van der Waals surface area contributed by atoms with Crippen LogP contribution in [0.2, 0.25) is 0 Å². The van der Waals surface area contributed by atoms with E-state index in [1.165, 1.54) is 0 Å². The van der Waals surface area contributed by atoms with Gasteiger partial charge in [0.25, 0.3) is 0 Å². The molecule has 4 N–H and O–H groups in total. The topological polar surface area (TPSA) is 104 Å². The second-order valence-electron chi connectivity index (χ2n) is 5.41. The van der Waals surface area contributed by atoms with Crippen molar-refractivity contribution in [1.82, 2.24) is 4.98 Å². The number of rotatable bonds is 3. The van der Waals surface area contributed by atoms with Gasteiger partial charge in [-0.2, -0.15) is 0 Å². The predicted molar refractivity (Wildman–Crippen MR) is 77.8 cm³/mol. The minimum Gasteiger partial charge on any atom is -0.409 e. The van der Waals surface area contributed by atoms with Crippen LogP contribution >= 0.6 is 0 Å². The molecule has 114 valence electrons. The molecule has 0 bridgehead atoms. The van der Waals surface area contributed by atoms with Crippen LogP contribution in [0, 0.1) is 0 Å². The summed E-state index contributed by atoms with van der Waals surface area (Å²) in [5.41, 5.74) is 8.68. The normalized spacial score (nSPS) is 22.4. The van der Waals surface area contributed by atoms with Crippen molar-refractivity contribution >= 4 is 11.7 Å². The highest BCUT2D eigenvalue weighted by molar-refractivity contribution is 6.01. The summed E-state index contributed by atoms with van der Waals surface area (Å²) in [5, 5.41) is 21.7. The van der Waals surface area contributed by atoms with Crippen LogP contribution in [0.1, 0.15) is 23.2 Å². The van der Waals surface area contributed by atoms with Gasteiger partial charge in [-0.1, -0.05) is 5.16 Å². The molecule has 1 atom stereocenters. The van der Waals surface area contributed by atoms with Crippen molar-refractivity contribution in [3.05, 3.63) is 22.9 Å². The molecule has 1 aromatic rings. The summed E-state index contributed by atoms with van der Waals surface area (Å²) >= 11 is 0. The number of morpholine rings is 1. The smallest absolute Gasteiger partial charge is 0.173 e. The number of hydrogen-bond acceptors (Lipinski definition) is 6. The maximum Gasteiger partial charge on any atom is 0.173 e. The molecule has 2 aliphatic rings. The molecule has 0 amide bonds. The first-order valence-electron chi connectivity index (χ1n) is 7.20. The Morgan fingerprint density at radius 2 is 2.38 bits per heavy atom. The number of fused-ring (bicyclic) bond motifs is 1. The van der Waals surface area contributed by atoms with Crippen molar-refractivity contribution in [3.8, 4) is 0 Å². The van der Waals surface area contributed by atoms with Gasteiger partial charge in [-0.05, 0) is 30.9 Å². The van der Waals surface area contributed by atoms with E-state index in [1.54, 1.807) is 0 Å². The zero-order valence-electron chi connectivity index (χ0n) is 11.8. The Morgan fingerprint density at radius 3 is 3.14 bits per heavy atom. The van der Waals surface area contributed by atoms with E-state index in [0.29, 0.717) is 31.1 Å². The number of pyridine rings is 1. The Hall–Kier alpha value is -1.86. The van der Waals surface area contributed by atoms with Crippen LogP contribution in [0.15, 0.2) is 11.2 Å². The standard InChI is InChI=1S/C14H20N4O3/c15-13(17-20)11-6-9-2-1-3-12(9)16-14(11)18-4-5-21-8-10(18)7-19/h6,10,19-20H,1-5,7-8H2,(H2,15,17). The first-order valence-corrected chi connectivity index (χ1v) is 7.20. The monoisotopic (exact) mass is 292 g/mol. The molecular weight excluding hydrogens is 272 g/mol. The SMILES string of the molecule is N/C(=N/O)c1cc2c(nc1N1CCOCC1CO)CCC2. The van der Waals surface area contributed by atoms with E-state index in [2.05, 4.69) is 5.16 Å². The lowest BCUT2D eigenvalue weighted by Gasteiger charge is -2.36. The van der Waals surface area contributed by atoms with E-state index in [4.69, 9.17) is 20.7 Å². The summed E-state index contributed by atoms with van der Waals surface area (Å²) in [6, 6.07) is 1.81. The average Bonchev–Trinajstić information content (AvgIpc) is 3.00. The summed E-state index contributed by atoms with van der Waals surface area (Å²) < 4.78 is 5.40. The number of oxime groups is 1. The second-order valence-corrected chi connectivity index (χ2v) is 5.41. The molecule has 7 nitrogen and oxygen atoms in total. The molecule has 0 aromatic carbocycles. The molecule has 0 saturated carbocycles. The van der Waals surface area contributed by atoms with Gasteiger partial charge in [0.1, 0.15) is 5.82 Å². The van der Waals surface area contributed by atoms with Crippen molar-refractivity contribution in [1.29, 1.82) is 0 Å². The van der Waals surface area contributed by atoms with E-state index in [-0.39, 0.29) is 18.5 Å². The molecule has 1 aliphatic heterocycles. The molecular formula is C14H20N4O3. The number of hydrogen-bond donors (Lipinski definition) is 3. The first kappa shape index (κ1) is 14.1. The second kappa shape index (κ2) is 5.87. The van der Waals surface area contributed by atoms with Gasteiger partial charge >= 0.3 is 0 Å². The van der Waals surface area contributed by atoms with E-state index in [0.717, 1.165) is 30.5 Å². The van der Waals surface area contributed by atoms with E-state index >= 15 is 0 Å². The van der Waals surface area contributed by atoms with Crippen LogP contribution < -0.4 is 10.6 Å². The fraction of sp³-hybridized carbons (Fsp3) is 0.571. The van der Waals surface area contributed by atoms with Crippen LogP contribution in [0.3, 0.4) is 0 Å². The van der Waals surface area contributed by atoms with Crippen molar-refractivity contribution < 1.29 is 15.1 Å². The number of amidine groups is 1. The molecule has 1 fully saturated rings. The maximum absolute atomic E-state index is 9.54. The zero-order valence-corrected chi connectivity index (χ0v) is 11.8. The molecule has 1 unspecified atom stereocenters. The third-order valence-corrected chi connectivity index (χ3v) is 4.12. The van der Waals surface area contributed by atoms with E-state index < -0.39 is 0 Å². The van der Waals surface area contributed by atoms with Crippen LogP contribution in [-0.2, 0) is 17.6 Å². The number of nitrogens with two attached hydrogens (primary N) is 1. The van der Waals surface area contributed by atoms with Gasteiger partial charge in [-0.15, -0.1) is 0 Å². The van der Waals surface area contributed by atoms with Gasteiger partial charge in [0, 0.05) is 12.2 Å². The predicted octanol–water partition coefficient (Wildman–Crippen LogP) is -0.138. The molecule has 1 aliphatic carbocycles.